The first-order valence-electron chi connectivity index (χ1n) is 10.8. The number of hydrogen-bond acceptors (Lipinski definition) is 6. The Morgan fingerprint density at radius 2 is 2.03 bits per heavy atom. The molecule has 8 nitrogen and oxygen atoms in total. The standard InChI is InChI=1S/C23H33N5O3/c1-7-9-19-25-14(3)20-22(30)26-21(27-28(19)20)16-12-15(10-11-18(16)31-8-2)17(29)13-24-23(4,5)6/h10-12,17,24,29H,7-9,13H2,1-6H3,(H,26,27,30). The van der Waals surface area contributed by atoms with Crippen LogP contribution in [0.4, 0.5) is 0 Å². The van der Waals surface area contributed by atoms with E-state index in [9.17, 15) is 9.90 Å². The molecule has 1 unspecified atom stereocenters. The molecule has 3 aromatic rings. The van der Waals surface area contributed by atoms with E-state index in [1.54, 1.807) is 4.52 Å². The number of aromatic amines is 1. The Hall–Kier alpha value is -2.71. The zero-order chi connectivity index (χ0) is 22.8. The summed E-state index contributed by atoms with van der Waals surface area (Å²) in [6.45, 7) is 12.8. The van der Waals surface area contributed by atoms with E-state index >= 15 is 0 Å². The molecule has 168 valence electrons. The molecule has 2 aromatic heterocycles. The summed E-state index contributed by atoms with van der Waals surface area (Å²) in [7, 11) is 0. The van der Waals surface area contributed by atoms with Gasteiger partial charge in [0.05, 0.1) is 24.0 Å². The van der Waals surface area contributed by atoms with Crippen molar-refractivity contribution < 1.29 is 9.84 Å². The number of nitrogens with one attached hydrogen (secondary N) is 2. The number of aryl methyl sites for hydroxylation is 2. The summed E-state index contributed by atoms with van der Waals surface area (Å²) in [5, 5.41) is 18.7. The lowest BCUT2D eigenvalue weighted by atomic mass is 10.0. The Bertz CT molecular complexity index is 1110. The average Bonchev–Trinajstić information content (AvgIpc) is 3.02. The molecule has 0 bridgehead atoms. The topological polar surface area (TPSA) is 105 Å². The van der Waals surface area contributed by atoms with Crippen molar-refractivity contribution in [3.8, 4) is 17.1 Å². The van der Waals surface area contributed by atoms with Crippen LogP contribution in [0.25, 0.3) is 16.9 Å². The number of rotatable bonds is 8. The molecule has 0 aliphatic rings. The van der Waals surface area contributed by atoms with Crippen molar-refractivity contribution in [3.05, 3.63) is 45.6 Å². The number of fused-ring (bicyclic) bond motifs is 1. The Kier molecular flexibility index (Phi) is 6.81. The lowest BCUT2D eigenvalue weighted by Gasteiger charge is -2.23. The maximum atomic E-state index is 12.9. The van der Waals surface area contributed by atoms with Crippen LogP contribution in [0.3, 0.4) is 0 Å². The van der Waals surface area contributed by atoms with Crippen LogP contribution in [-0.4, -0.2) is 43.4 Å². The number of nitrogens with zero attached hydrogens (tertiary/aromatic N) is 3. The van der Waals surface area contributed by atoms with Gasteiger partial charge in [-0.2, -0.15) is 0 Å². The van der Waals surface area contributed by atoms with Crippen molar-refractivity contribution in [1.29, 1.82) is 0 Å². The van der Waals surface area contributed by atoms with Crippen LogP contribution in [0.2, 0.25) is 0 Å². The van der Waals surface area contributed by atoms with E-state index in [0.29, 0.717) is 47.1 Å². The second-order valence-corrected chi connectivity index (χ2v) is 8.76. The minimum Gasteiger partial charge on any atom is -0.493 e. The van der Waals surface area contributed by atoms with Gasteiger partial charge in [0, 0.05) is 18.5 Å². The fraction of sp³-hybridized carbons (Fsp3) is 0.522. The molecule has 0 saturated heterocycles. The molecule has 31 heavy (non-hydrogen) atoms. The monoisotopic (exact) mass is 427 g/mol. The van der Waals surface area contributed by atoms with Crippen molar-refractivity contribution in [1.82, 2.24) is 24.9 Å². The van der Waals surface area contributed by atoms with Gasteiger partial charge in [0.2, 0.25) is 0 Å². The number of aliphatic hydroxyl groups is 1. The first-order chi connectivity index (χ1) is 14.6. The molecule has 3 N–H and O–H groups in total. The predicted octanol–water partition coefficient (Wildman–Crippen LogP) is 3.17. The summed E-state index contributed by atoms with van der Waals surface area (Å²) in [5.74, 6) is 1.73. The van der Waals surface area contributed by atoms with Gasteiger partial charge in [0.25, 0.3) is 5.56 Å². The minimum absolute atomic E-state index is 0.109. The van der Waals surface area contributed by atoms with Crippen LogP contribution in [0.15, 0.2) is 23.0 Å². The van der Waals surface area contributed by atoms with Crippen molar-refractivity contribution in [2.75, 3.05) is 13.2 Å². The molecule has 0 aliphatic heterocycles. The lowest BCUT2D eigenvalue weighted by molar-refractivity contribution is 0.163. The summed E-state index contributed by atoms with van der Waals surface area (Å²) in [4.78, 5) is 20.3. The fourth-order valence-electron chi connectivity index (χ4n) is 3.48. The molecule has 1 atom stereocenters. The third kappa shape index (κ3) is 5.14. The number of H-pyrrole nitrogens is 1. The van der Waals surface area contributed by atoms with Crippen molar-refractivity contribution in [3.63, 3.8) is 0 Å². The number of imidazole rings is 1. The van der Waals surface area contributed by atoms with Crippen LogP contribution in [0, 0.1) is 6.92 Å². The SMILES string of the molecule is CCCc1nc(C)c2c(=O)[nH]c(-c3cc(C(O)CNC(C)(C)C)ccc3OCC)nn12. The number of aliphatic hydroxyl groups excluding tert-OH is 1. The first-order valence-corrected chi connectivity index (χ1v) is 10.8. The van der Waals surface area contributed by atoms with Gasteiger partial charge in [-0.05, 0) is 58.7 Å². The Morgan fingerprint density at radius 1 is 1.29 bits per heavy atom. The smallest absolute Gasteiger partial charge is 0.277 e. The zero-order valence-electron chi connectivity index (χ0n) is 19.2. The highest BCUT2D eigenvalue weighted by molar-refractivity contribution is 5.66. The molecule has 2 heterocycles. The maximum absolute atomic E-state index is 12.9. The molecular weight excluding hydrogens is 394 g/mol. The lowest BCUT2D eigenvalue weighted by Crippen LogP contribution is -2.38. The number of benzene rings is 1. The van der Waals surface area contributed by atoms with Gasteiger partial charge in [-0.3, -0.25) is 4.79 Å². The quantitative estimate of drug-likeness (QED) is 0.510. The highest BCUT2D eigenvalue weighted by atomic mass is 16.5. The van der Waals surface area contributed by atoms with Crippen LogP contribution >= 0.6 is 0 Å². The molecule has 1 aromatic carbocycles. The van der Waals surface area contributed by atoms with E-state index in [-0.39, 0.29) is 11.1 Å². The second-order valence-electron chi connectivity index (χ2n) is 8.76. The zero-order valence-corrected chi connectivity index (χ0v) is 19.2. The summed E-state index contributed by atoms with van der Waals surface area (Å²) in [6, 6.07) is 5.47. The van der Waals surface area contributed by atoms with Crippen LogP contribution < -0.4 is 15.6 Å². The largest absolute Gasteiger partial charge is 0.493 e. The van der Waals surface area contributed by atoms with E-state index in [1.807, 2.05) is 52.8 Å². The summed E-state index contributed by atoms with van der Waals surface area (Å²) >= 11 is 0. The number of hydrogen-bond donors (Lipinski definition) is 3. The Labute approximate surface area is 182 Å². The molecule has 8 heteroatoms. The average molecular weight is 428 g/mol. The molecule has 0 amide bonds. The van der Waals surface area contributed by atoms with E-state index in [4.69, 9.17) is 9.84 Å². The molecule has 0 fully saturated rings. The molecule has 3 rings (SSSR count). The van der Waals surface area contributed by atoms with Crippen LogP contribution in [0.5, 0.6) is 5.75 Å². The van der Waals surface area contributed by atoms with Gasteiger partial charge in [-0.1, -0.05) is 13.0 Å². The van der Waals surface area contributed by atoms with Crippen molar-refractivity contribution in [2.45, 2.75) is 66.0 Å². The van der Waals surface area contributed by atoms with Gasteiger partial charge in [-0.25, -0.2) is 9.50 Å². The third-order valence-corrected chi connectivity index (χ3v) is 4.99. The maximum Gasteiger partial charge on any atom is 0.277 e. The number of ether oxygens (including phenoxy) is 1. The Morgan fingerprint density at radius 3 is 2.68 bits per heavy atom. The van der Waals surface area contributed by atoms with E-state index in [1.165, 1.54) is 0 Å². The van der Waals surface area contributed by atoms with Crippen molar-refractivity contribution >= 4 is 5.52 Å². The minimum atomic E-state index is -0.713. The Balaban J connectivity index is 2.10. The molecule has 0 radical (unpaired) electrons. The first kappa shape index (κ1) is 23.0. The summed E-state index contributed by atoms with van der Waals surface area (Å²) < 4.78 is 7.42. The van der Waals surface area contributed by atoms with Gasteiger partial charge in [-0.15, -0.1) is 5.10 Å². The van der Waals surface area contributed by atoms with Gasteiger partial charge in [0.1, 0.15) is 11.6 Å². The normalized spacial score (nSPS) is 13.0. The van der Waals surface area contributed by atoms with Crippen LogP contribution in [-0.2, 0) is 6.42 Å². The second kappa shape index (κ2) is 9.20. The fourth-order valence-corrected chi connectivity index (χ4v) is 3.48. The van der Waals surface area contributed by atoms with Crippen molar-refractivity contribution in [2.24, 2.45) is 0 Å². The predicted molar refractivity (Wildman–Crippen MR) is 122 cm³/mol. The number of aromatic nitrogens is 4. The van der Waals surface area contributed by atoms with E-state index < -0.39 is 6.10 Å². The summed E-state index contributed by atoms with van der Waals surface area (Å²) in [5.41, 5.74) is 2.10. The van der Waals surface area contributed by atoms with Crippen LogP contribution in [0.1, 0.15) is 64.2 Å². The van der Waals surface area contributed by atoms with Gasteiger partial charge in [0.15, 0.2) is 11.3 Å². The third-order valence-electron chi connectivity index (χ3n) is 4.99. The molecular formula is C23H33N5O3. The van der Waals surface area contributed by atoms with Gasteiger partial charge >= 0.3 is 0 Å². The number of β-amino-alcohol motifs (C(OH)–C–C–N with tert-alkyl or cyclic N) is 1. The molecule has 0 aliphatic carbocycles. The highest BCUT2D eigenvalue weighted by Gasteiger charge is 2.19. The van der Waals surface area contributed by atoms with E-state index in [0.717, 1.165) is 18.7 Å². The highest BCUT2D eigenvalue weighted by Crippen LogP contribution is 2.31. The molecule has 0 spiro atoms. The molecule has 0 saturated carbocycles. The van der Waals surface area contributed by atoms with E-state index in [2.05, 4.69) is 22.2 Å². The van der Waals surface area contributed by atoms with Gasteiger partial charge < -0.3 is 20.1 Å². The summed E-state index contributed by atoms with van der Waals surface area (Å²) in [6.07, 6.45) is 0.908.